The molecule has 116 valence electrons. The average molecular weight is 292 g/mol. The van der Waals surface area contributed by atoms with E-state index in [1.54, 1.807) is 18.4 Å². The molecule has 0 aliphatic carbocycles. The number of nitrogens with zero attached hydrogens (tertiary/aromatic N) is 2. The molecule has 0 saturated carbocycles. The van der Waals surface area contributed by atoms with E-state index in [1.165, 1.54) is 18.9 Å². The Kier molecular flexibility index (Phi) is 4.83. The zero-order valence-electron chi connectivity index (χ0n) is 13.1. The van der Waals surface area contributed by atoms with E-state index in [0.29, 0.717) is 23.7 Å². The Morgan fingerprint density at radius 3 is 2.48 bits per heavy atom. The third-order valence-corrected chi connectivity index (χ3v) is 4.24. The zero-order valence-corrected chi connectivity index (χ0v) is 13.1. The molecule has 1 aliphatic rings. The molecular weight excluding hydrogens is 268 g/mol. The van der Waals surface area contributed by atoms with Crippen molar-refractivity contribution < 1.29 is 9.90 Å². The van der Waals surface area contributed by atoms with Crippen LogP contribution in [-0.4, -0.2) is 40.2 Å². The number of carboxylic acid groups (broad SMARTS) is 1. The van der Waals surface area contributed by atoms with Crippen LogP contribution in [0.3, 0.4) is 0 Å². The van der Waals surface area contributed by atoms with Crippen LogP contribution >= 0.6 is 0 Å². The van der Waals surface area contributed by atoms with E-state index in [1.807, 2.05) is 0 Å². The highest BCUT2D eigenvalue weighted by molar-refractivity contribution is 5.90. The van der Waals surface area contributed by atoms with E-state index in [9.17, 15) is 14.7 Å². The van der Waals surface area contributed by atoms with Crippen molar-refractivity contribution in [2.45, 2.75) is 40.2 Å². The number of aryl methyl sites for hydroxylation is 1. The number of hydrogen-bond acceptors (Lipinski definition) is 3. The highest BCUT2D eigenvalue weighted by atomic mass is 16.4. The summed E-state index contributed by atoms with van der Waals surface area (Å²) >= 11 is 0. The summed E-state index contributed by atoms with van der Waals surface area (Å²) in [5.41, 5.74) is 1.24. The van der Waals surface area contributed by atoms with E-state index in [4.69, 9.17) is 0 Å². The summed E-state index contributed by atoms with van der Waals surface area (Å²) in [7, 11) is 0. The van der Waals surface area contributed by atoms with Gasteiger partial charge in [-0.3, -0.25) is 4.79 Å². The van der Waals surface area contributed by atoms with Crippen molar-refractivity contribution in [3.05, 3.63) is 33.2 Å². The number of aromatic carboxylic acids is 1. The third-order valence-electron chi connectivity index (χ3n) is 4.24. The van der Waals surface area contributed by atoms with Crippen molar-refractivity contribution in [1.82, 2.24) is 9.47 Å². The Balaban J connectivity index is 2.20. The first kappa shape index (κ1) is 15.8. The first-order valence-corrected chi connectivity index (χ1v) is 7.57. The van der Waals surface area contributed by atoms with Crippen LogP contribution in [0.1, 0.15) is 41.4 Å². The van der Waals surface area contributed by atoms with Gasteiger partial charge in [0, 0.05) is 24.8 Å². The molecule has 1 aromatic rings. The SMILES string of the molecule is Cc1cc(=O)n(CC(C)CN2CCCC2)c(C)c1C(=O)O. The molecule has 0 aromatic carbocycles. The normalized spacial score (nSPS) is 17.1. The van der Waals surface area contributed by atoms with Crippen molar-refractivity contribution in [1.29, 1.82) is 0 Å². The minimum atomic E-state index is -0.967. The molecule has 2 rings (SSSR count). The fraction of sp³-hybridized carbons (Fsp3) is 0.625. The quantitative estimate of drug-likeness (QED) is 0.900. The lowest BCUT2D eigenvalue weighted by Gasteiger charge is -2.22. The highest BCUT2D eigenvalue weighted by Gasteiger charge is 2.19. The lowest BCUT2D eigenvalue weighted by atomic mass is 10.1. The summed E-state index contributed by atoms with van der Waals surface area (Å²) in [6.45, 7) is 9.31. The zero-order chi connectivity index (χ0) is 15.6. The average Bonchev–Trinajstić information content (AvgIpc) is 2.86. The molecule has 1 atom stereocenters. The Bertz CT molecular complexity index is 586. The molecule has 21 heavy (non-hydrogen) atoms. The molecule has 2 heterocycles. The molecule has 1 aliphatic heterocycles. The molecule has 0 radical (unpaired) electrons. The first-order chi connectivity index (χ1) is 9.90. The number of aromatic nitrogens is 1. The van der Waals surface area contributed by atoms with Crippen LogP contribution in [0.25, 0.3) is 0 Å². The first-order valence-electron chi connectivity index (χ1n) is 7.57. The summed E-state index contributed by atoms with van der Waals surface area (Å²) in [5.74, 6) is -0.644. The van der Waals surface area contributed by atoms with Crippen LogP contribution in [-0.2, 0) is 6.54 Å². The summed E-state index contributed by atoms with van der Waals surface area (Å²) in [6.07, 6.45) is 2.50. The van der Waals surface area contributed by atoms with Gasteiger partial charge in [0.1, 0.15) is 0 Å². The second kappa shape index (κ2) is 6.43. The monoisotopic (exact) mass is 292 g/mol. The van der Waals surface area contributed by atoms with Gasteiger partial charge in [0.2, 0.25) is 0 Å². The number of pyridine rings is 1. The van der Waals surface area contributed by atoms with Gasteiger partial charge in [-0.05, 0) is 51.3 Å². The van der Waals surface area contributed by atoms with Gasteiger partial charge in [-0.2, -0.15) is 0 Å². The minimum Gasteiger partial charge on any atom is -0.478 e. The van der Waals surface area contributed by atoms with Crippen LogP contribution in [0.15, 0.2) is 10.9 Å². The molecule has 0 bridgehead atoms. The number of carboxylic acids is 1. The maximum atomic E-state index is 12.2. The fourth-order valence-electron chi connectivity index (χ4n) is 3.25. The smallest absolute Gasteiger partial charge is 0.337 e. The summed E-state index contributed by atoms with van der Waals surface area (Å²) in [5, 5.41) is 9.30. The van der Waals surface area contributed by atoms with Gasteiger partial charge < -0.3 is 14.6 Å². The topological polar surface area (TPSA) is 62.5 Å². The van der Waals surface area contributed by atoms with Crippen LogP contribution in [0.5, 0.6) is 0 Å². The second-order valence-electron chi connectivity index (χ2n) is 6.15. The van der Waals surface area contributed by atoms with Gasteiger partial charge in [-0.15, -0.1) is 0 Å². The van der Waals surface area contributed by atoms with Crippen molar-refractivity contribution in [3.8, 4) is 0 Å². The maximum Gasteiger partial charge on any atom is 0.337 e. The molecule has 1 aromatic heterocycles. The Morgan fingerprint density at radius 1 is 1.29 bits per heavy atom. The summed E-state index contributed by atoms with van der Waals surface area (Å²) < 4.78 is 1.61. The predicted octanol–water partition coefficient (Wildman–Crippen LogP) is 1.90. The third kappa shape index (κ3) is 3.53. The van der Waals surface area contributed by atoms with Crippen LogP contribution in [0, 0.1) is 19.8 Å². The number of likely N-dealkylation sites (tertiary alicyclic amines) is 1. The number of hydrogen-bond donors (Lipinski definition) is 1. The van der Waals surface area contributed by atoms with Gasteiger partial charge in [-0.1, -0.05) is 6.92 Å². The Morgan fingerprint density at radius 2 is 1.90 bits per heavy atom. The van der Waals surface area contributed by atoms with E-state index in [-0.39, 0.29) is 11.1 Å². The molecular formula is C16H24N2O3. The van der Waals surface area contributed by atoms with Gasteiger partial charge in [0.05, 0.1) is 5.56 Å². The van der Waals surface area contributed by atoms with E-state index in [2.05, 4.69) is 11.8 Å². The van der Waals surface area contributed by atoms with Crippen molar-refractivity contribution in [2.24, 2.45) is 5.92 Å². The lowest BCUT2D eigenvalue weighted by Crippen LogP contribution is -2.32. The molecule has 1 unspecified atom stereocenters. The molecule has 5 heteroatoms. The van der Waals surface area contributed by atoms with Gasteiger partial charge in [-0.25, -0.2) is 4.79 Å². The maximum absolute atomic E-state index is 12.2. The molecule has 0 amide bonds. The van der Waals surface area contributed by atoms with E-state index < -0.39 is 5.97 Å². The number of rotatable bonds is 5. The minimum absolute atomic E-state index is 0.108. The van der Waals surface area contributed by atoms with E-state index >= 15 is 0 Å². The Hall–Kier alpha value is -1.62. The van der Waals surface area contributed by atoms with Crippen LogP contribution < -0.4 is 5.56 Å². The highest BCUT2D eigenvalue weighted by Crippen LogP contribution is 2.15. The molecule has 5 nitrogen and oxygen atoms in total. The van der Waals surface area contributed by atoms with Crippen LogP contribution in [0.2, 0.25) is 0 Å². The summed E-state index contributed by atoms with van der Waals surface area (Å²) in [4.78, 5) is 25.9. The van der Waals surface area contributed by atoms with Gasteiger partial charge in [0.15, 0.2) is 0 Å². The largest absolute Gasteiger partial charge is 0.478 e. The molecule has 1 fully saturated rings. The Labute approximate surface area is 125 Å². The molecule has 0 spiro atoms. The van der Waals surface area contributed by atoms with Crippen molar-refractivity contribution >= 4 is 5.97 Å². The second-order valence-corrected chi connectivity index (χ2v) is 6.15. The van der Waals surface area contributed by atoms with E-state index in [0.717, 1.165) is 19.6 Å². The lowest BCUT2D eigenvalue weighted by molar-refractivity contribution is 0.0693. The van der Waals surface area contributed by atoms with Gasteiger partial charge in [0.25, 0.3) is 5.56 Å². The standard InChI is InChI=1S/C16H24N2O3/c1-11(9-17-6-4-5-7-17)10-18-13(3)15(16(20)21)12(2)8-14(18)19/h8,11H,4-7,9-10H2,1-3H3,(H,20,21). The van der Waals surface area contributed by atoms with Crippen LogP contribution in [0.4, 0.5) is 0 Å². The predicted molar refractivity (Wildman–Crippen MR) is 82.0 cm³/mol. The summed E-state index contributed by atoms with van der Waals surface area (Å²) in [6, 6.07) is 1.43. The molecule has 1 N–H and O–H groups in total. The van der Waals surface area contributed by atoms with Gasteiger partial charge >= 0.3 is 5.97 Å². The van der Waals surface area contributed by atoms with Crippen molar-refractivity contribution in [3.63, 3.8) is 0 Å². The number of carbonyl (C=O) groups is 1. The van der Waals surface area contributed by atoms with Crippen molar-refractivity contribution in [2.75, 3.05) is 19.6 Å². The molecule has 1 saturated heterocycles. The fourth-order valence-corrected chi connectivity index (χ4v) is 3.25.